The van der Waals surface area contributed by atoms with Gasteiger partial charge in [0.25, 0.3) is 0 Å². The molecule has 0 saturated heterocycles. The van der Waals surface area contributed by atoms with Gasteiger partial charge in [-0.3, -0.25) is 0 Å². The molecule has 1 atom stereocenters. The molecule has 0 bridgehead atoms. The van der Waals surface area contributed by atoms with Crippen molar-refractivity contribution in [3.05, 3.63) is 69.4 Å². The zero-order valence-electron chi connectivity index (χ0n) is 11.1. The molecule has 0 aromatic heterocycles. The van der Waals surface area contributed by atoms with Gasteiger partial charge in [-0.2, -0.15) is 0 Å². The van der Waals surface area contributed by atoms with Gasteiger partial charge >= 0.3 is 0 Å². The molecule has 0 amide bonds. The monoisotopic (exact) mass is 338 g/mol. The summed E-state index contributed by atoms with van der Waals surface area (Å²) in [5.74, 6) is -0.300. The molecule has 0 aliphatic carbocycles. The number of aliphatic hydroxyl groups excluding tert-OH is 1. The standard InChI is InChI=1S/C16H16BrFO2/c1-20-10-11-2-4-12(5-3-11)16(19)9-13-8-14(18)6-7-15(13)17/h2-8,16,19H,9-10H2,1H3. The maximum atomic E-state index is 13.2. The van der Waals surface area contributed by atoms with Gasteiger partial charge in [-0.15, -0.1) is 0 Å². The van der Waals surface area contributed by atoms with E-state index < -0.39 is 6.10 Å². The summed E-state index contributed by atoms with van der Waals surface area (Å²) in [5.41, 5.74) is 2.61. The zero-order valence-corrected chi connectivity index (χ0v) is 12.7. The summed E-state index contributed by atoms with van der Waals surface area (Å²) >= 11 is 3.37. The van der Waals surface area contributed by atoms with E-state index >= 15 is 0 Å². The largest absolute Gasteiger partial charge is 0.388 e. The second kappa shape index (κ2) is 6.97. The number of ether oxygens (including phenoxy) is 1. The van der Waals surface area contributed by atoms with Crippen LogP contribution in [0.2, 0.25) is 0 Å². The van der Waals surface area contributed by atoms with Crippen LogP contribution < -0.4 is 0 Å². The molecule has 2 nitrogen and oxygen atoms in total. The Hall–Kier alpha value is -1.23. The normalized spacial score (nSPS) is 12.4. The van der Waals surface area contributed by atoms with Crippen LogP contribution in [0.1, 0.15) is 22.8 Å². The lowest BCUT2D eigenvalue weighted by atomic mass is 10.0. The van der Waals surface area contributed by atoms with Crippen LogP contribution in [0.5, 0.6) is 0 Å². The van der Waals surface area contributed by atoms with Crippen molar-refractivity contribution in [1.82, 2.24) is 0 Å². The van der Waals surface area contributed by atoms with E-state index in [2.05, 4.69) is 15.9 Å². The molecule has 0 fully saturated rings. The van der Waals surface area contributed by atoms with E-state index in [0.717, 1.165) is 21.2 Å². The molecule has 106 valence electrons. The lowest BCUT2D eigenvalue weighted by Gasteiger charge is -2.13. The number of hydrogen-bond acceptors (Lipinski definition) is 2. The summed E-state index contributed by atoms with van der Waals surface area (Å²) < 4.78 is 19.1. The van der Waals surface area contributed by atoms with E-state index in [1.165, 1.54) is 12.1 Å². The van der Waals surface area contributed by atoms with Crippen LogP contribution in [0.3, 0.4) is 0 Å². The molecule has 0 saturated carbocycles. The fourth-order valence-corrected chi connectivity index (χ4v) is 2.44. The minimum Gasteiger partial charge on any atom is -0.388 e. The van der Waals surface area contributed by atoms with E-state index in [1.807, 2.05) is 24.3 Å². The third-order valence-electron chi connectivity index (χ3n) is 3.10. The molecule has 2 rings (SSSR count). The molecule has 0 heterocycles. The third kappa shape index (κ3) is 3.88. The van der Waals surface area contributed by atoms with E-state index in [0.29, 0.717) is 13.0 Å². The molecule has 0 aliphatic heterocycles. The van der Waals surface area contributed by atoms with Crippen LogP contribution >= 0.6 is 15.9 Å². The molecular formula is C16H16BrFO2. The van der Waals surface area contributed by atoms with Crippen LogP contribution in [0.15, 0.2) is 46.9 Å². The van der Waals surface area contributed by atoms with Crippen molar-refractivity contribution in [2.75, 3.05) is 7.11 Å². The summed E-state index contributed by atoms with van der Waals surface area (Å²) in [6.07, 6.45) is -0.299. The number of aliphatic hydroxyl groups is 1. The quantitative estimate of drug-likeness (QED) is 0.892. The highest BCUT2D eigenvalue weighted by Gasteiger charge is 2.11. The Morgan fingerprint density at radius 1 is 1.20 bits per heavy atom. The minimum atomic E-state index is -0.662. The minimum absolute atomic E-state index is 0.300. The van der Waals surface area contributed by atoms with Crippen molar-refractivity contribution in [3.63, 3.8) is 0 Å². The van der Waals surface area contributed by atoms with Gasteiger partial charge in [0.2, 0.25) is 0 Å². The van der Waals surface area contributed by atoms with Gasteiger partial charge in [0.1, 0.15) is 5.82 Å². The van der Waals surface area contributed by atoms with Crippen LogP contribution in [0.4, 0.5) is 4.39 Å². The first-order valence-corrected chi connectivity index (χ1v) is 7.09. The van der Waals surface area contributed by atoms with Crippen molar-refractivity contribution < 1.29 is 14.2 Å². The van der Waals surface area contributed by atoms with Crippen molar-refractivity contribution >= 4 is 15.9 Å². The highest BCUT2D eigenvalue weighted by atomic mass is 79.9. The van der Waals surface area contributed by atoms with Crippen LogP contribution in [0, 0.1) is 5.82 Å². The summed E-state index contributed by atoms with van der Waals surface area (Å²) in [6, 6.07) is 12.1. The van der Waals surface area contributed by atoms with Crippen molar-refractivity contribution in [1.29, 1.82) is 0 Å². The average Bonchev–Trinajstić information content (AvgIpc) is 2.44. The predicted molar refractivity (Wildman–Crippen MR) is 79.9 cm³/mol. The molecule has 0 spiro atoms. The molecule has 2 aromatic rings. The van der Waals surface area contributed by atoms with Crippen molar-refractivity contribution in [3.8, 4) is 0 Å². The SMILES string of the molecule is COCc1ccc(C(O)Cc2cc(F)ccc2Br)cc1. The number of halogens is 2. The van der Waals surface area contributed by atoms with Crippen molar-refractivity contribution in [2.24, 2.45) is 0 Å². The fraction of sp³-hybridized carbons (Fsp3) is 0.250. The van der Waals surface area contributed by atoms with Gasteiger partial charge in [0.05, 0.1) is 12.7 Å². The summed E-state index contributed by atoms with van der Waals surface area (Å²) in [5, 5.41) is 10.2. The third-order valence-corrected chi connectivity index (χ3v) is 3.87. The first-order chi connectivity index (χ1) is 9.60. The first-order valence-electron chi connectivity index (χ1n) is 6.30. The van der Waals surface area contributed by atoms with Crippen LogP contribution in [-0.4, -0.2) is 12.2 Å². The van der Waals surface area contributed by atoms with Gasteiger partial charge in [-0.1, -0.05) is 40.2 Å². The molecule has 20 heavy (non-hydrogen) atoms. The number of benzene rings is 2. The molecular weight excluding hydrogens is 323 g/mol. The zero-order chi connectivity index (χ0) is 14.5. The molecule has 0 radical (unpaired) electrons. The maximum absolute atomic E-state index is 13.2. The van der Waals surface area contributed by atoms with Gasteiger partial charge in [0.15, 0.2) is 0 Å². The smallest absolute Gasteiger partial charge is 0.123 e. The van der Waals surface area contributed by atoms with Gasteiger partial charge in [-0.05, 0) is 34.9 Å². The Morgan fingerprint density at radius 3 is 2.55 bits per heavy atom. The molecule has 1 unspecified atom stereocenters. The summed E-state index contributed by atoms with van der Waals surface area (Å²) in [6.45, 7) is 0.547. The van der Waals surface area contributed by atoms with Crippen LogP contribution in [0.25, 0.3) is 0 Å². The Morgan fingerprint density at radius 2 is 1.90 bits per heavy atom. The van der Waals surface area contributed by atoms with Gasteiger partial charge in [-0.25, -0.2) is 4.39 Å². The first kappa shape index (κ1) is 15.2. The Bertz CT molecular complexity index is 569. The Balaban J connectivity index is 2.11. The van der Waals surface area contributed by atoms with Crippen LogP contribution in [-0.2, 0) is 17.8 Å². The molecule has 1 N–H and O–H groups in total. The highest BCUT2D eigenvalue weighted by molar-refractivity contribution is 9.10. The second-order valence-electron chi connectivity index (χ2n) is 4.63. The second-order valence-corrected chi connectivity index (χ2v) is 5.48. The van der Waals surface area contributed by atoms with E-state index in [-0.39, 0.29) is 5.82 Å². The molecule has 2 aromatic carbocycles. The van der Waals surface area contributed by atoms with E-state index in [4.69, 9.17) is 4.74 Å². The fourth-order valence-electron chi connectivity index (χ4n) is 2.03. The lowest BCUT2D eigenvalue weighted by Crippen LogP contribution is -2.03. The lowest BCUT2D eigenvalue weighted by molar-refractivity contribution is 0.177. The maximum Gasteiger partial charge on any atom is 0.123 e. The van der Waals surface area contributed by atoms with Gasteiger partial charge < -0.3 is 9.84 Å². The summed E-state index contributed by atoms with van der Waals surface area (Å²) in [4.78, 5) is 0. The van der Waals surface area contributed by atoms with Gasteiger partial charge in [0, 0.05) is 18.0 Å². The molecule has 4 heteroatoms. The topological polar surface area (TPSA) is 29.5 Å². The predicted octanol–water partition coefficient (Wildman–Crippen LogP) is 4.01. The van der Waals surface area contributed by atoms with E-state index in [1.54, 1.807) is 13.2 Å². The highest BCUT2D eigenvalue weighted by Crippen LogP contribution is 2.25. The van der Waals surface area contributed by atoms with E-state index in [9.17, 15) is 9.50 Å². The molecule has 0 aliphatic rings. The Kier molecular flexibility index (Phi) is 5.29. The number of rotatable bonds is 5. The Labute approximate surface area is 126 Å². The number of methoxy groups -OCH3 is 1. The number of hydrogen-bond donors (Lipinski definition) is 1. The van der Waals surface area contributed by atoms with Crippen molar-refractivity contribution in [2.45, 2.75) is 19.1 Å². The summed E-state index contributed by atoms with van der Waals surface area (Å²) in [7, 11) is 1.64. The average molecular weight is 339 g/mol.